The number of carbonyl (C=O) groups is 1. The number of fused-ring (bicyclic) bond motifs is 1. The lowest BCUT2D eigenvalue weighted by molar-refractivity contribution is 0.249. The molecule has 22 heavy (non-hydrogen) atoms. The number of hydrogen-bond donors (Lipinski definition) is 3. The Labute approximate surface area is 131 Å². The number of H-pyrrole nitrogens is 1. The zero-order valence-electron chi connectivity index (χ0n) is 11.8. The molecule has 0 saturated heterocycles. The fourth-order valence-corrected chi connectivity index (χ4v) is 2.32. The summed E-state index contributed by atoms with van der Waals surface area (Å²) in [6.45, 7) is 1.92. The van der Waals surface area contributed by atoms with Gasteiger partial charge < -0.3 is 5.32 Å². The van der Waals surface area contributed by atoms with Gasteiger partial charge in [-0.3, -0.25) is 10.4 Å². The summed E-state index contributed by atoms with van der Waals surface area (Å²) in [7, 11) is 0. The number of rotatable bonds is 3. The Kier molecular flexibility index (Phi) is 3.93. The van der Waals surface area contributed by atoms with E-state index >= 15 is 0 Å². The van der Waals surface area contributed by atoms with Crippen molar-refractivity contribution in [2.24, 2.45) is 0 Å². The summed E-state index contributed by atoms with van der Waals surface area (Å²) in [5.41, 5.74) is 1.74. The number of pyridine rings is 1. The van der Waals surface area contributed by atoms with Crippen LogP contribution >= 0.6 is 11.6 Å². The molecule has 7 heteroatoms. The lowest BCUT2D eigenvalue weighted by Crippen LogP contribution is -2.31. The van der Waals surface area contributed by atoms with Gasteiger partial charge >= 0.3 is 6.03 Å². The molecular formula is C15H14ClN5O. The fraction of sp³-hybridized carbons (Fsp3) is 0.133. The largest absolute Gasteiger partial charge is 0.331 e. The van der Waals surface area contributed by atoms with Gasteiger partial charge in [0.05, 0.1) is 16.9 Å². The topological polar surface area (TPSA) is 82.7 Å². The lowest BCUT2D eigenvalue weighted by atomic mass is 10.1. The van der Waals surface area contributed by atoms with E-state index in [4.69, 9.17) is 11.6 Å². The summed E-state index contributed by atoms with van der Waals surface area (Å²) < 4.78 is 0. The average Bonchev–Trinajstić information content (AvgIpc) is 2.89. The standard InChI is InChI=1S/C15H14ClN5O/c1-9(10-5-3-2-4-6-10)18-15(22)19-13-7-12-11(8-17-13)14(16)21-20-12/h2-9H,1H3,(H,20,21)(H2,17,18,19,22). The van der Waals surface area contributed by atoms with E-state index in [2.05, 4.69) is 25.8 Å². The van der Waals surface area contributed by atoms with E-state index in [0.29, 0.717) is 21.9 Å². The third kappa shape index (κ3) is 3.01. The second-order valence-electron chi connectivity index (χ2n) is 4.86. The molecule has 1 unspecified atom stereocenters. The Morgan fingerprint density at radius 1 is 1.32 bits per heavy atom. The van der Waals surface area contributed by atoms with Crippen molar-refractivity contribution in [1.82, 2.24) is 20.5 Å². The van der Waals surface area contributed by atoms with Crippen molar-refractivity contribution in [1.29, 1.82) is 0 Å². The Hall–Kier alpha value is -2.60. The minimum absolute atomic E-state index is 0.105. The Morgan fingerprint density at radius 2 is 2.09 bits per heavy atom. The van der Waals surface area contributed by atoms with Crippen molar-refractivity contribution in [3.63, 3.8) is 0 Å². The molecule has 2 amide bonds. The third-order valence-electron chi connectivity index (χ3n) is 3.29. The molecule has 0 aliphatic carbocycles. The first-order valence-corrected chi connectivity index (χ1v) is 7.13. The van der Waals surface area contributed by atoms with Crippen LogP contribution in [0.1, 0.15) is 18.5 Å². The average molecular weight is 316 g/mol. The van der Waals surface area contributed by atoms with Crippen LogP contribution in [-0.4, -0.2) is 21.2 Å². The van der Waals surface area contributed by atoms with E-state index in [-0.39, 0.29) is 12.1 Å². The van der Waals surface area contributed by atoms with Crippen LogP contribution in [0.4, 0.5) is 10.6 Å². The van der Waals surface area contributed by atoms with Crippen LogP contribution < -0.4 is 10.6 Å². The summed E-state index contributed by atoms with van der Waals surface area (Å²) in [4.78, 5) is 16.2. The fourth-order valence-electron chi connectivity index (χ4n) is 2.12. The van der Waals surface area contributed by atoms with Crippen LogP contribution in [0.15, 0.2) is 42.6 Å². The van der Waals surface area contributed by atoms with Crippen LogP contribution in [0.5, 0.6) is 0 Å². The van der Waals surface area contributed by atoms with Crippen LogP contribution in [0.25, 0.3) is 10.9 Å². The number of halogens is 1. The van der Waals surface area contributed by atoms with Crippen molar-refractivity contribution >= 4 is 34.4 Å². The van der Waals surface area contributed by atoms with Gasteiger partial charge in [-0.1, -0.05) is 41.9 Å². The van der Waals surface area contributed by atoms with Crippen molar-refractivity contribution < 1.29 is 4.79 Å². The molecule has 1 atom stereocenters. The molecule has 0 radical (unpaired) electrons. The van der Waals surface area contributed by atoms with E-state index < -0.39 is 0 Å². The Morgan fingerprint density at radius 3 is 2.86 bits per heavy atom. The zero-order valence-corrected chi connectivity index (χ0v) is 12.6. The van der Waals surface area contributed by atoms with E-state index in [1.165, 1.54) is 0 Å². The van der Waals surface area contributed by atoms with Gasteiger partial charge in [0.2, 0.25) is 0 Å². The van der Waals surface area contributed by atoms with Crippen molar-refractivity contribution in [3.05, 3.63) is 53.3 Å². The summed E-state index contributed by atoms with van der Waals surface area (Å²) in [6, 6.07) is 11.0. The smallest absolute Gasteiger partial charge is 0.320 e. The number of anilines is 1. The maximum Gasteiger partial charge on any atom is 0.320 e. The molecular weight excluding hydrogens is 302 g/mol. The highest BCUT2D eigenvalue weighted by Crippen LogP contribution is 2.21. The highest BCUT2D eigenvalue weighted by molar-refractivity contribution is 6.34. The number of nitrogens with zero attached hydrogens (tertiary/aromatic N) is 2. The van der Waals surface area contributed by atoms with Gasteiger partial charge in [-0.25, -0.2) is 9.78 Å². The molecule has 2 aromatic heterocycles. The van der Waals surface area contributed by atoms with Gasteiger partial charge in [0.15, 0.2) is 5.15 Å². The van der Waals surface area contributed by atoms with E-state index in [1.54, 1.807) is 12.3 Å². The van der Waals surface area contributed by atoms with Crippen LogP contribution in [-0.2, 0) is 0 Å². The van der Waals surface area contributed by atoms with Crippen LogP contribution in [0.3, 0.4) is 0 Å². The quantitative estimate of drug-likeness (QED) is 0.692. The van der Waals surface area contributed by atoms with Crippen LogP contribution in [0, 0.1) is 0 Å². The van der Waals surface area contributed by atoms with Crippen LogP contribution in [0.2, 0.25) is 5.15 Å². The van der Waals surface area contributed by atoms with Gasteiger partial charge in [0.1, 0.15) is 5.82 Å². The Bertz CT molecular complexity index is 802. The lowest BCUT2D eigenvalue weighted by Gasteiger charge is -2.14. The van der Waals surface area contributed by atoms with E-state index in [1.807, 2.05) is 37.3 Å². The predicted molar refractivity (Wildman–Crippen MR) is 85.9 cm³/mol. The minimum atomic E-state index is -0.325. The zero-order chi connectivity index (χ0) is 15.5. The molecule has 3 N–H and O–H groups in total. The molecule has 112 valence electrons. The van der Waals surface area contributed by atoms with Gasteiger partial charge in [-0.2, -0.15) is 5.10 Å². The number of aromatic amines is 1. The first kappa shape index (κ1) is 14.3. The summed E-state index contributed by atoms with van der Waals surface area (Å²) in [6.07, 6.45) is 1.57. The molecule has 6 nitrogen and oxygen atoms in total. The van der Waals surface area contributed by atoms with Gasteiger partial charge in [0, 0.05) is 12.3 Å². The van der Waals surface area contributed by atoms with E-state index in [9.17, 15) is 4.79 Å². The van der Waals surface area contributed by atoms with Gasteiger partial charge in [-0.15, -0.1) is 0 Å². The molecule has 0 saturated carbocycles. The first-order chi connectivity index (χ1) is 10.6. The summed E-state index contributed by atoms with van der Waals surface area (Å²) in [5.74, 6) is 0.422. The normalized spacial score (nSPS) is 12.1. The van der Waals surface area contributed by atoms with E-state index in [0.717, 1.165) is 5.56 Å². The van der Waals surface area contributed by atoms with Crippen molar-refractivity contribution in [2.75, 3.05) is 5.32 Å². The number of amides is 2. The monoisotopic (exact) mass is 315 g/mol. The third-order valence-corrected chi connectivity index (χ3v) is 3.58. The molecule has 3 aromatic rings. The number of hydrogen-bond acceptors (Lipinski definition) is 3. The second kappa shape index (κ2) is 6.03. The molecule has 2 heterocycles. The predicted octanol–water partition coefficient (Wildman–Crippen LogP) is 3.49. The highest BCUT2D eigenvalue weighted by atomic mass is 35.5. The minimum Gasteiger partial charge on any atom is -0.331 e. The van der Waals surface area contributed by atoms with Gasteiger partial charge in [-0.05, 0) is 12.5 Å². The Balaban J connectivity index is 1.67. The SMILES string of the molecule is CC(NC(=O)Nc1cc2[nH]nc(Cl)c2cn1)c1ccccc1. The maximum absolute atomic E-state index is 12.0. The highest BCUT2D eigenvalue weighted by Gasteiger charge is 2.11. The molecule has 1 aromatic carbocycles. The molecule has 0 bridgehead atoms. The molecule has 0 aliphatic rings. The first-order valence-electron chi connectivity index (χ1n) is 6.75. The van der Waals surface area contributed by atoms with Crippen molar-refractivity contribution in [2.45, 2.75) is 13.0 Å². The number of urea groups is 1. The number of aromatic nitrogens is 3. The number of benzene rings is 1. The summed E-state index contributed by atoms with van der Waals surface area (Å²) in [5, 5.41) is 13.3. The second-order valence-corrected chi connectivity index (χ2v) is 5.22. The van der Waals surface area contributed by atoms with Crippen molar-refractivity contribution in [3.8, 4) is 0 Å². The maximum atomic E-state index is 12.0. The summed E-state index contributed by atoms with van der Waals surface area (Å²) >= 11 is 5.89. The molecule has 3 rings (SSSR count). The number of nitrogens with one attached hydrogen (secondary N) is 3. The molecule has 0 spiro atoms. The molecule has 0 aliphatic heterocycles. The van der Waals surface area contributed by atoms with Gasteiger partial charge in [0.25, 0.3) is 0 Å². The molecule has 0 fully saturated rings. The number of carbonyl (C=O) groups excluding carboxylic acids is 1.